The predicted molar refractivity (Wildman–Crippen MR) is 74.3 cm³/mol. The highest BCUT2D eigenvalue weighted by molar-refractivity contribution is 5.48. The maximum Gasteiger partial charge on any atom is 0.435 e. The number of hydrogen-bond acceptors (Lipinski definition) is 4. The molecular formula is C14H12F3N5. The first-order chi connectivity index (χ1) is 10.4. The second-order valence-electron chi connectivity index (χ2n) is 4.81. The number of rotatable bonds is 3. The molecule has 114 valence electrons. The van der Waals surface area contributed by atoms with Gasteiger partial charge in [0.15, 0.2) is 5.69 Å². The summed E-state index contributed by atoms with van der Waals surface area (Å²) in [5.74, 6) is 0.266. The fourth-order valence-electron chi connectivity index (χ4n) is 2.05. The molecule has 0 bridgehead atoms. The van der Waals surface area contributed by atoms with Crippen LogP contribution < -0.4 is 5.32 Å². The molecule has 0 saturated carbocycles. The number of aryl methyl sites for hydroxylation is 1. The average Bonchev–Trinajstić information content (AvgIpc) is 2.89. The molecule has 3 aromatic heterocycles. The standard InChI is InChI=1S/C14H12F3N5/c1-9-3-2-6-22-8-10(19-13(9)22)7-18-12-5-4-11(20-21-12)14(15,16)17/h2-6,8H,7H2,1H3,(H,18,21). The maximum atomic E-state index is 12.4. The van der Waals surface area contributed by atoms with Gasteiger partial charge in [-0.1, -0.05) is 6.07 Å². The van der Waals surface area contributed by atoms with Crippen molar-refractivity contribution >= 4 is 11.5 Å². The van der Waals surface area contributed by atoms with Gasteiger partial charge in [0.1, 0.15) is 11.5 Å². The van der Waals surface area contributed by atoms with E-state index in [9.17, 15) is 13.2 Å². The summed E-state index contributed by atoms with van der Waals surface area (Å²) in [6.45, 7) is 2.31. The predicted octanol–water partition coefficient (Wildman–Crippen LogP) is 3.06. The maximum absolute atomic E-state index is 12.4. The van der Waals surface area contributed by atoms with Crippen LogP contribution in [-0.2, 0) is 12.7 Å². The minimum absolute atomic E-state index is 0.266. The molecule has 3 rings (SSSR count). The van der Waals surface area contributed by atoms with E-state index in [0.29, 0.717) is 6.54 Å². The summed E-state index contributed by atoms with van der Waals surface area (Å²) >= 11 is 0. The summed E-state index contributed by atoms with van der Waals surface area (Å²) in [7, 11) is 0. The Labute approximate surface area is 123 Å². The van der Waals surface area contributed by atoms with Crippen molar-refractivity contribution < 1.29 is 13.2 Å². The van der Waals surface area contributed by atoms with Crippen molar-refractivity contribution in [1.29, 1.82) is 0 Å². The van der Waals surface area contributed by atoms with Crippen molar-refractivity contribution in [2.75, 3.05) is 5.32 Å². The zero-order chi connectivity index (χ0) is 15.7. The second kappa shape index (κ2) is 5.28. The van der Waals surface area contributed by atoms with Gasteiger partial charge in [0, 0.05) is 12.4 Å². The molecule has 0 spiro atoms. The highest BCUT2D eigenvalue weighted by Crippen LogP contribution is 2.27. The van der Waals surface area contributed by atoms with Crippen molar-refractivity contribution in [2.45, 2.75) is 19.6 Å². The molecular weight excluding hydrogens is 295 g/mol. The van der Waals surface area contributed by atoms with Gasteiger partial charge in [0.25, 0.3) is 0 Å². The van der Waals surface area contributed by atoms with Crippen LogP contribution >= 0.6 is 0 Å². The number of nitrogens with one attached hydrogen (secondary N) is 1. The molecule has 0 saturated heterocycles. The van der Waals surface area contributed by atoms with E-state index in [1.165, 1.54) is 6.07 Å². The Morgan fingerprint density at radius 2 is 2.00 bits per heavy atom. The molecule has 0 unspecified atom stereocenters. The van der Waals surface area contributed by atoms with Crippen molar-refractivity contribution in [2.24, 2.45) is 0 Å². The Morgan fingerprint density at radius 3 is 2.64 bits per heavy atom. The molecule has 0 aromatic carbocycles. The van der Waals surface area contributed by atoms with Crippen LogP contribution in [-0.4, -0.2) is 19.6 Å². The third-order valence-corrected chi connectivity index (χ3v) is 3.13. The quantitative estimate of drug-likeness (QED) is 0.808. The molecule has 0 aliphatic rings. The molecule has 0 aliphatic carbocycles. The molecule has 1 N–H and O–H groups in total. The van der Waals surface area contributed by atoms with E-state index in [1.54, 1.807) is 0 Å². The Morgan fingerprint density at radius 1 is 1.18 bits per heavy atom. The van der Waals surface area contributed by atoms with E-state index >= 15 is 0 Å². The highest BCUT2D eigenvalue weighted by Gasteiger charge is 2.32. The van der Waals surface area contributed by atoms with Gasteiger partial charge >= 0.3 is 6.18 Å². The molecule has 3 heterocycles. The molecule has 0 amide bonds. The van der Waals surface area contributed by atoms with E-state index < -0.39 is 11.9 Å². The summed E-state index contributed by atoms with van der Waals surface area (Å²) in [5.41, 5.74) is 1.64. The lowest BCUT2D eigenvalue weighted by Crippen LogP contribution is -2.10. The summed E-state index contributed by atoms with van der Waals surface area (Å²) in [6.07, 6.45) is -0.742. The van der Waals surface area contributed by atoms with Crippen LogP contribution in [0.2, 0.25) is 0 Å². The Balaban J connectivity index is 1.72. The van der Waals surface area contributed by atoms with Gasteiger partial charge in [-0.05, 0) is 30.7 Å². The van der Waals surface area contributed by atoms with Crippen LogP contribution in [0.1, 0.15) is 17.0 Å². The number of alkyl halides is 3. The number of halogens is 3. The monoisotopic (exact) mass is 307 g/mol. The van der Waals surface area contributed by atoms with E-state index in [4.69, 9.17) is 0 Å². The minimum Gasteiger partial charge on any atom is -0.363 e. The number of anilines is 1. The van der Waals surface area contributed by atoms with Crippen LogP contribution in [0, 0.1) is 6.92 Å². The SMILES string of the molecule is Cc1cccn2cc(CNc3ccc(C(F)(F)F)nn3)nc12. The van der Waals surface area contributed by atoms with Gasteiger partial charge in [-0.15, -0.1) is 10.2 Å². The number of fused-ring (bicyclic) bond motifs is 1. The van der Waals surface area contributed by atoms with E-state index in [2.05, 4.69) is 20.5 Å². The summed E-state index contributed by atoms with van der Waals surface area (Å²) in [6, 6.07) is 6.02. The lowest BCUT2D eigenvalue weighted by atomic mass is 10.3. The first kappa shape index (κ1) is 14.3. The fourth-order valence-corrected chi connectivity index (χ4v) is 2.05. The Hall–Kier alpha value is -2.64. The normalized spacial score (nSPS) is 11.8. The van der Waals surface area contributed by atoms with Crippen LogP contribution in [0.3, 0.4) is 0 Å². The molecule has 5 nitrogen and oxygen atoms in total. The van der Waals surface area contributed by atoms with Crippen LogP contribution in [0.25, 0.3) is 5.65 Å². The first-order valence-corrected chi connectivity index (χ1v) is 6.51. The number of aromatic nitrogens is 4. The number of nitrogens with zero attached hydrogens (tertiary/aromatic N) is 4. The third kappa shape index (κ3) is 2.85. The van der Waals surface area contributed by atoms with E-state index in [1.807, 2.05) is 35.9 Å². The van der Waals surface area contributed by atoms with Crippen LogP contribution in [0.15, 0.2) is 36.7 Å². The summed E-state index contributed by atoms with van der Waals surface area (Å²) < 4.78 is 39.1. The van der Waals surface area contributed by atoms with Gasteiger partial charge in [-0.2, -0.15) is 13.2 Å². The smallest absolute Gasteiger partial charge is 0.363 e. The van der Waals surface area contributed by atoms with Gasteiger partial charge in [-0.25, -0.2) is 4.98 Å². The van der Waals surface area contributed by atoms with Gasteiger partial charge in [-0.3, -0.25) is 0 Å². The number of hydrogen-bond donors (Lipinski definition) is 1. The minimum atomic E-state index is -4.48. The number of imidazole rings is 1. The molecule has 0 fully saturated rings. The lowest BCUT2D eigenvalue weighted by Gasteiger charge is -2.06. The molecule has 22 heavy (non-hydrogen) atoms. The molecule has 0 atom stereocenters. The average molecular weight is 307 g/mol. The lowest BCUT2D eigenvalue weighted by molar-refractivity contribution is -0.141. The van der Waals surface area contributed by atoms with Gasteiger partial charge < -0.3 is 9.72 Å². The van der Waals surface area contributed by atoms with E-state index in [-0.39, 0.29) is 5.82 Å². The largest absolute Gasteiger partial charge is 0.435 e. The van der Waals surface area contributed by atoms with Crippen LogP contribution in [0.5, 0.6) is 0 Å². The third-order valence-electron chi connectivity index (χ3n) is 3.13. The Bertz CT molecular complexity index is 792. The number of pyridine rings is 1. The first-order valence-electron chi connectivity index (χ1n) is 6.51. The highest BCUT2D eigenvalue weighted by atomic mass is 19.4. The topological polar surface area (TPSA) is 55.1 Å². The van der Waals surface area contributed by atoms with Crippen LogP contribution in [0.4, 0.5) is 19.0 Å². The van der Waals surface area contributed by atoms with Crippen molar-refractivity contribution in [3.63, 3.8) is 0 Å². The van der Waals surface area contributed by atoms with Gasteiger partial charge in [0.2, 0.25) is 0 Å². The zero-order valence-corrected chi connectivity index (χ0v) is 11.6. The zero-order valence-electron chi connectivity index (χ0n) is 11.6. The van der Waals surface area contributed by atoms with Gasteiger partial charge in [0.05, 0.1) is 12.2 Å². The second-order valence-corrected chi connectivity index (χ2v) is 4.81. The van der Waals surface area contributed by atoms with Crippen molar-refractivity contribution in [3.8, 4) is 0 Å². The summed E-state index contributed by atoms with van der Waals surface area (Å²) in [4.78, 5) is 4.46. The van der Waals surface area contributed by atoms with Crippen molar-refractivity contribution in [1.82, 2.24) is 19.6 Å². The van der Waals surface area contributed by atoms with Crippen molar-refractivity contribution in [3.05, 3.63) is 53.6 Å². The molecule has 3 aromatic rings. The fraction of sp³-hybridized carbons (Fsp3) is 0.214. The van der Waals surface area contributed by atoms with E-state index in [0.717, 1.165) is 23.0 Å². The molecule has 8 heteroatoms. The Kier molecular flexibility index (Phi) is 3.44. The summed E-state index contributed by atoms with van der Waals surface area (Å²) in [5, 5.41) is 9.58. The molecule has 0 aliphatic heterocycles. The molecule has 0 radical (unpaired) electrons.